The number of likely N-dealkylation sites (tertiary alicyclic amines) is 1. The Balaban J connectivity index is 1.65. The van der Waals surface area contributed by atoms with Crippen LogP contribution in [0.1, 0.15) is 23.9 Å². The molecule has 1 aliphatic rings. The summed E-state index contributed by atoms with van der Waals surface area (Å²) >= 11 is 0. The smallest absolute Gasteiger partial charge is 0.252 e. The Morgan fingerprint density at radius 1 is 1.38 bits per heavy atom. The zero-order valence-corrected chi connectivity index (χ0v) is 13.4. The van der Waals surface area contributed by atoms with Crippen molar-refractivity contribution in [3.63, 3.8) is 0 Å². The third kappa shape index (κ3) is 2.72. The van der Waals surface area contributed by atoms with E-state index >= 15 is 0 Å². The Kier molecular flexibility index (Phi) is 3.87. The first-order valence-corrected chi connectivity index (χ1v) is 7.97. The van der Waals surface area contributed by atoms with E-state index in [4.69, 9.17) is 4.74 Å². The molecule has 2 atom stereocenters. The Morgan fingerprint density at radius 2 is 2.25 bits per heavy atom. The summed E-state index contributed by atoms with van der Waals surface area (Å²) in [4.78, 5) is 21.9. The second-order valence-electron chi connectivity index (χ2n) is 6.12. The van der Waals surface area contributed by atoms with Gasteiger partial charge in [0, 0.05) is 31.3 Å². The summed E-state index contributed by atoms with van der Waals surface area (Å²) in [6, 6.07) is 9.84. The van der Waals surface area contributed by atoms with Gasteiger partial charge < -0.3 is 9.72 Å². The number of hydrogen-bond acceptors (Lipinski definition) is 5. The van der Waals surface area contributed by atoms with Crippen molar-refractivity contribution in [2.24, 2.45) is 0 Å². The predicted molar refractivity (Wildman–Crippen MR) is 89.5 cm³/mol. The summed E-state index contributed by atoms with van der Waals surface area (Å²) in [6.07, 6.45) is 2.47. The molecule has 7 heteroatoms. The molecule has 0 radical (unpaired) electrons. The summed E-state index contributed by atoms with van der Waals surface area (Å²) in [6.45, 7) is 1.31. The van der Waals surface area contributed by atoms with Gasteiger partial charge in [-0.15, -0.1) is 0 Å². The monoisotopic (exact) mass is 325 g/mol. The molecule has 1 aromatic carbocycles. The lowest BCUT2D eigenvalue weighted by molar-refractivity contribution is 0.107. The van der Waals surface area contributed by atoms with Gasteiger partial charge in [-0.25, -0.2) is 4.98 Å². The van der Waals surface area contributed by atoms with Crippen LogP contribution in [0.2, 0.25) is 0 Å². The van der Waals surface area contributed by atoms with Gasteiger partial charge in [0.05, 0.1) is 12.1 Å². The average Bonchev–Trinajstić information content (AvgIpc) is 3.24. The van der Waals surface area contributed by atoms with Crippen LogP contribution in [-0.2, 0) is 11.3 Å². The molecular weight excluding hydrogens is 306 g/mol. The normalized spacial score (nSPS) is 21.5. The van der Waals surface area contributed by atoms with Crippen molar-refractivity contribution in [1.29, 1.82) is 0 Å². The van der Waals surface area contributed by atoms with Crippen LogP contribution in [0.15, 0.2) is 41.5 Å². The number of nitrogens with one attached hydrogen (secondary N) is 2. The lowest BCUT2D eigenvalue weighted by Gasteiger charge is -2.22. The topological polar surface area (TPSA) is 86.9 Å². The SMILES string of the molecule is CO[C@@H]1C[C@@H](c2ncn[nH]2)N(Cc2cc3ccccc3[nH]c2=O)C1. The Hall–Kier alpha value is -2.51. The molecule has 1 saturated heterocycles. The summed E-state index contributed by atoms with van der Waals surface area (Å²) in [5.74, 6) is 0.812. The number of nitrogens with zero attached hydrogens (tertiary/aromatic N) is 3. The minimum Gasteiger partial charge on any atom is -0.380 e. The number of hydrogen-bond donors (Lipinski definition) is 2. The first-order valence-electron chi connectivity index (χ1n) is 7.97. The van der Waals surface area contributed by atoms with Crippen molar-refractivity contribution in [3.05, 3.63) is 58.4 Å². The molecule has 0 bridgehead atoms. The standard InChI is InChI=1S/C17H19N5O2/c1-24-13-7-15(16-18-10-19-21-16)22(9-13)8-12-6-11-4-2-3-5-14(11)20-17(12)23/h2-6,10,13,15H,7-9H2,1H3,(H,20,23)(H,18,19,21)/t13-,15+/m1/s1. The fourth-order valence-electron chi connectivity index (χ4n) is 3.40. The molecule has 1 aliphatic heterocycles. The van der Waals surface area contributed by atoms with Crippen molar-refractivity contribution < 1.29 is 4.74 Å². The van der Waals surface area contributed by atoms with Crippen LogP contribution in [0.3, 0.4) is 0 Å². The number of rotatable bonds is 4. The molecule has 0 saturated carbocycles. The first kappa shape index (κ1) is 15.0. The van der Waals surface area contributed by atoms with Crippen LogP contribution in [0.25, 0.3) is 10.9 Å². The van der Waals surface area contributed by atoms with Crippen LogP contribution in [0.5, 0.6) is 0 Å². The number of ether oxygens (including phenoxy) is 1. The van der Waals surface area contributed by atoms with Crippen molar-refractivity contribution in [3.8, 4) is 0 Å². The first-order chi connectivity index (χ1) is 11.7. The fourth-order valence-corrected chi connectivity index (χ4v) is 3.40. The van der Waals surface area contributed by atoms with E-state index in [1.165, 1.54) is 6.33 Å². The maximum Gasteiger partial charge on any atom is 0.252 e. The lowest BCUT2D eigenvalue weighted by atomic mass is 10.1. The largest absolute Gasteiger partial charge is 0.380 e. The predicted octanol–water partition coefficient (Wildman–Crippen LogP) is 1.61. The molecule has 0 amide bonds. The molecule has 2 N–H and O–H groups in total. The van der Waals surface area contributed by atoms with E-state index < -0.39 is 0 Å². The highest BCUT2D eigenvalue weighted by Gasteiger charge is 2.35. The second-order valence-corrected chi connectivity index (χ2v) is 6.12. The Labute approximate surface area is 138 Å². The molecule has 2 aromatic heterocycles. The van der Waals surface area contributed by atoms with Crippen LogP contribution >= 0.6 is 0 Å². The number of methoxy groups -OCH3 is 1. The van der Waals surface area contributed by atoms with E-state index in [9.17, 15) is 4.79 Å². The van der Waals surface area contributed by atoms with Crippen LogP contribution < -0.4 is 5.56 Å². The van der Waals surface area contributed by atoms with Crippen LogP contribution in [-0.4, -0.2) is 44.8 Å². The molecule has 3 heterocycles. The van der Waals surface area contributed by atoms with Gasteiger partial charge in [0.1, 0.15) is 12.2 Å². The molecule has 1 fully saturated rings. The van der Waals surface area contributed by atoms with Gasteiger partial charge in [0.25, 0.3) is 5.56 Å². The summed E-state index contributed by atoms with van der Waals surface area (Å²) in [5.41, 5.74) is 1.55. The third-order valence-electron chi connectivity index (χ3n) is 4.65. The van der Waals surface area contributed by atoms with Gasteiger partial charge in [0.15, 0.2) is 0 Å². The molecule has 24 heavy (non-hydrogen) atoms. The quantitative estimate of drug-likeness (QED) is 0.761. The molecule has 0 aliphatic carbocycles. The number of benzene rings is 1. The minimum absolute atomic E-state index is 0.0501. The molecule has 0 unspecified atom stereocenters. The van der Waals surface area contributed by atoms with Gasteiger partial charge in [0.2, 0.25) is 0 Å². The van der Waals surface area contributed by atoms with E-state index in [2.05, 4.69) is 25.1 Å². The van der Waals surface area contributed by atoms with Crippen molar-refractivity contribution in [2.75, 3.05) is 13.7 Å². The Bertz CT molecular complexity index is 889. The van der Waals surface area contributed by atoms with Gasteiger partial charge in [-0.3, -0.25) is 14.8 Å². The second kappa shape index (κ2) is 6.18. The fraction of sp³-hybridized carbons (Fsp3) is 0.353. The van der Waals surface area contributed by atoms with E-state index in [1.54, 1.807) is 7.11 Å². The number of para-hydroxylation sites is 1. The molecule has 0 spiro atoms. The zero-order chi connectivity index (χ0) is 16.5. The van der Waals surface area contributed by atoms with Gasteiger partial charge in [-0.1, -0.05) is 18.2 Å². The molecule has 4 rings (SSSR count). The molecule has 124 valence electrons. The number of pyridine rings is 1. The number of aromatic amines is 2. The highest BCUT2D eigenvalue weighted by molar-refractivity contribution is 5.78. The van der Waals surface area contributed by atoms with Crippen molar-refractivity contribution >= 4 is 10.9 Å². The molecular formula is C17H19N5O2. The van der Waals surface area contributed by atoms with E-state index in [1.807, 2.05) is 30.3 Å². The molecule has 7 nitrogen and oxygen atoms in total. The number of aromatic nitrogens is 4. The third-order valence-corrected chi connectivity index (χ3v) is 4.65. The maximum atomic E-state index is 12.4. The maximum absolute atomic E-state index is 12.4. The Morgan fingerprint density at radius 3 is 3.04 bits per heavy atom. The highest BCUT2D eigenvalue weighted by Crippen LogP contribution is 2.32. The van der Waals surface area contributed by atoms with Gasteiger partial charge in [-0.2, -0.15) is 5.10 Å². The average molecular weight is 325 g/mol. The summed E-state index contributed by atoms with van der Waals surface area (Å²) < 4.78 is 5.52. The van der Waals surface area contributed by atoms with Gasteiger partial charge >= 0.3 is 0 Å². The van der Waals surface area contributed by atoms with Crippen molar-refractivity contribution in [2.45, 2.75) is 25.1 Å². The highest BCUT2D eigenvalue weighted by atomic mass is 16.5. The number of fused-ring (bicyclic) bond motifs is 1. The van der Waals surface area contributed by atoms with Gasteiger partial charge in [-0.05, 0) is 23.9 Å². The van der Waals surface area contributed by atoms with Crippen LogP contribution in [0.4, 0.5) is 0 Å². The summed E-state index contributed by atoms with van der Waals surface area (Å²) in [7, 11) is 1.72. The van der Waals surface area contributed by atoms with Crippen LogP contribution in [0, 0.1) is 0 Å². The van der Waals surface area contributed by atoms with E-state index in [0.717, 1.165) is 35.3 Å². The zero-order valence-electron chi connectivity index (χ0n) is 13.4. The molecule has 3 aromatic rings. The van der Waals surface area contributed by atoms with E-state index in [-0.39, 0.29) is 17.7 Å². The summed E-state index contributed by atoms with van der Waals surface area (Å²) in [5, 5.41) is 7.92. The number of H-pyrrole nitrogens is 2. The van der Waals surface area contributed by atoms with Crippen molar-refractivity contribution in [1.82, 2.24) is 25.1 Å². The van der Waals surface area contributed by atoms with E-state index in [0.29, 0.717) is 6.54 Å². The minimum atomic E-state index is -0.0501. The lowest BCUT2D eigenvalue weighted by Crippen LogP contribution is -2.28.